The highest BCUT2D eigenvalue weighted by Gasteiger charge is 2.19. The van der Waals surface area contributed by atoms with E-state index in [-0.39, 0.29) is 24.0 Å². The quantitative estimate of drug-likeness (QED) is 0.295. The van der Waals surface area contributed by atoms with Crippen molar-refractivity contribution in [2.75, 3.05) is 52.9 Å². The molecule has 1 fully saturated rings. The predicted octanol–water partition coefficient (Wildman–Crippen LogP) is 3.01. The van der Waals surface area contributed by atoms with Crippen molar-refractivity contribution in [2.45, 2.75) is 59.4 Å². The Labute approximate surface area is 173 Å². The minimum absolute atomic E-state index is 0. The Balaban J connectivity index is 0.00000576. The Morgan fingerprint density at radius 3 is 2.60 bits per heavy atom. The number of hydrogen-bond donors (Lipinski definition) is 2. The molecular formula is C19H42IN5. The van der Waals surface area contributed by atoms with Crippen LogP contribution in [-0.2, 0) is 0 Å². The van der Waals surface area contributed by atoms with Crippen LogP contribution in [0.3, 0.4) is 0 Å². The van der Waals surface area contributed by atoms with E-state index in [9.17, 15) is 0 Å². The van der Waals surface area contributed by atoms with E-state index < -0.39 is 0 Å². The summed E-state index contributed by atoms with van der Waals surface area (Å²) in [6.45, 7) is 17.2. The smallest absolute Gasteiger partial charge is 0.191 e. The molecule has 2 N–H and O–H groups in total. The number of hydrogen-bond acceptors (Lipinski definition) is 3. The Bertz CT molecular complexity index is 347. The second-order valence-corrected chi connectivity index (χ2v) is 7.07. The molecule has 1 saturated heterocycles. The number of piperidine rings is 1. The molecule has 0 aliphatic carbocycles. The van der Waals surface area contributed by atoms with Crippen molar-refractivity contribution in [1.82, 2.24) is 20.4 Å². The van der Waals surface area contributed by atoms with Gasteiger partial charge < -0.3 is 20.4 Å². The van der Waals surface area contributed by atoms with Gasteiger partial charge in [0.15, 0.2) is 5.96 Å². The molecule has 150 valence electrons. The van der Waals surface area contributed by atoms with Crippen molar-refractivity contribution in [3.05, 3.63) is 0 Å². The van der Waals surface area contributed by atoms with Gasteiger partial charge in [-0.3, -0.25) is 4.99 Å². The molecule has 1 aliphatic heterocycles. The minimum Gasteiger partial charge on any atom is -0.356 e. The van der Waals surface area contributed by atoms with Crippen LogP contribution in [0.1, 0.15) is 53.4 Å². The van der Waals surface area contributed by atoms with Crippen molar-refractivity contribution < 1.29 is 0 Å². The maximum atomic E-state index is 4.40. The summed E-state index contributed by atoms with van der Waals surface area (Å²) in [6, 6.07) is 0.463. The first-order chi connectivity index (χ1) is 11.6. The van der Waals surface area contributed by atoms with Crippen LogP contribution < -0.4 is 10.6 Å². The lowest BCUT2D eigenvalue weighted by Gasteiger charge is -2.32. The lowest BCUT2D eigenvalue weighted by atomic mass is 9.98. The van der Waals surface area contributed by atoms with Gasteiger partial charge in [-0.2, -0.15) is 0 Å². The van der Waals surface area contributed by atoms with Crippen LogP contribution in [0.15, 0.2) is 4.99 Å². The highest BCUT2D eigenvalue weighted by atomic mass is 127. The number of nitrogens with one attached hydrogen (secondary N) is 2. The van der Waals surface area contributed by atoms with E-state index in [1.807, 2.05) is 7.05 Å². The molecule has 0 aromatic carbocycles. The van der Waals surface area contributed by atoms with E-state index in [0.29, 0.717) is 6.04 Å². The normalized spacial score (nSPS) is 20.2. The van der Waals surface area contributed by atoms with Crippen molar-refractivity contribution >= 4 is 29.9 Å². The van der Waals surface area contributed by atoms with E-state index in [1.54, 1.807) is 0 Å². The summed E-state index contributed by atoms with van der Waals surface area (Å²) >= 11 is 0. The van der Waals surface area contributed by atoms with Gasteiger partial charge in [-0.1, -0.05) is 20.8 Å². The molecule has 1 heterocycles. The molecule has 0 bridgehead atoms. The molecule has 5 nitrogen and oxygen atoms in total. The summed E-state index contributed by atoms with van der Waals surface area (Å²) in [5, 5.41) is 7.09. The first kappa shape index (κ1) is 24.9. The molecule has 0 amide bonds. The maximum Gasteiger partial charge on any atom is 0.191 e. The monoisotopic (exact) mass is 467 g/mol. The number of guanidine groups is 1. The van der Waals surface area contributed by atoms with E-state index in [4.69, 9.17) is 0 Å². The van der Waals surface area contributed by atoms with E-state index in [1.165, 1.54) is 51.9 Å². The average molecular weight is 467 g/mol. The molecule has 1 aliphatic rings. The van der Waals surface area contributed by atoms with Crippen LogP contribution >= 0.6 is 24.0 Å². The molecule has 25 heavy (non-hydrogen) atoms. The van der Waals surface area contributed by atoms with E-state index >= 15 is 0 Å². The summed E-state index contributed by atoms with van der Waals surface area (Å²) in [6.07, 6.45) is 5.08. The molecule has 0 saturated carbocycles. The lowest BCUT2D eigenvalue weighted by Crippen LogP contribution is -2.46. The summed E-state index contributed by atoms with van der Waals surface area (Å²) in [7, 11) is 1.87. The standard InChI is InChI=1S/C19H41N5.HI/c1-6-23(7-2)13-9-11-17(4)22-19(20-5)21-15-18-12-10-14-24(8-3)16-18;/h17-18H,6-16H2,1-5H3,(H2,20,21,22);1H. The van der Waals surface area contributed by atoms with Crippen LogP contribution in [0.5, 0.6) is 0 Å². The SMILES string of the molecule is CCN(CC)CCCC(C)NC(=NC)NCC1CCCN(CC)C1.I. The highest BCUT2D eigenvalue weighted by molar-refractivity contribution is 14.0. The zero-order valence-electron chi connectivity index (χ0n) is 17.2. The molecule has 6 heteroatoms. The molecule has 1 rings (SSSR count). The van der Waals surface area contributed by atoms with Gasteiger partial charge in [-0.25, -0.2) is 0 Å². The molecular weight excluding hydrogens is 425 g/mol. The Morgan fingerprint density at radius 2 is 2.00 bits per heavy atom. The van der Waals surface area contributed by atoms with Crippen LogP contribution in [-0.4, -0.2) is 74.7 Å². The highest BCUT2D eigenvalue weighted by Crippen LogP contribution is 2.15. The van der Waals surface area contributed by atoms with Crippen LogP contribution in [0.25, 0.3) is 0 Å². The Hall–Kier alpha value is -0.0800. The van der Waals surface area contributed by atoms with E-state index in [0.717, 1.165) is 31.5 Å². The Morgan fingerprint density at radius 1 is 1.28 bits per heavy atom. The van der Waals surface area contributed by atoms with Gasteiger partial charge >= 0.3 is 0 Å². The largest absolute Gasteiger partial charge is 0.356 e. The molecule has 0 radical (unpaired) electrons. The second-order valence-electron chi connectivity index (χ2n) is 7.07. The van der Waals surface area contributed by atoms with Crippen molar-refractivity contribution in [1.29, 1.82) is 0 Å². The fourth-order valence-corrected chi connectivity index (χ4v) is 3.51. The molecule has 2 atom stereocenters. The predicted molar refractivity (Wildman–Crippen MR) is 121 cm³/mol. The third-order valence-corrected chi connectivity index (χ3v) is 5.22. The Kier molecular flexibility index (Phi) is 15.0. The summed E-state index contributed by atoms with van der Waals surface area (Å²) in [5.74, 6) is 1.70. The van der Waals surface area contributed by atoms with E-state index in [2.05, 4.69) is 53.1 Å². The molecule has 0 aromatic rings. The fraction of sp³-hybridized carbons (Fsp3) is 0.947. The maximum absolute atomic E-state index is 4.40. The lowest BCUT2D eigenvalue weighted by molar-refractivity contribution is 0.183. The van der Waals surface area contributed by atoms with Crippen LogP contribution in [0.2, 0.25) is 0 Å². The molecule has 0 spiro atoms. The summed E-state index contributed by atoms with van der Waals surface area (Å²) < 4.78 is 0. The number of aliphatic imine (C=N–C) groups is 1. The number of nitrogens with zero attached hydrogens (tertiary/aromatic N) is 3. The summed E-state index contributed by atoms with van der Waals surface area (Å²) in [4.78, 5) is 9.44. The van der Waals surface area contributed by atoms with Gasteiger partial charge in [0.25, 0.3) is 0 Å². The third kappa shape index (κ3) is 10.6. The average Bonchev–Trinajstić information content (AvgIpc) is 2.62. The van der Waals surface area contributed by atoms with Gasteiger partial charge in [-0.05, 0) is 71.2 Å². The van der Waals surface area contributed by atoms with Gasteiger partial charge in [0.1, 0.15) is 0 Å². The third-order valence-electron chi connectivity index (χ3n) is 5.22. The van der Waals surface area contributed by atoms with Gasteiger partial charge in [-0.15, -0.1) is 24.0 Å². The van der Waals surface area contributed by atoms with Gasteiger partial charge in [0, 0.05) is 26.2 Å². The zero-order valence-corrected chi connectivity index (χ0v) is 19.5. The number of halogens is 1. The van der Waals surface area contributed by atoms with Gasteiger partial charge in [0.2, 0.25) is 0 Å². The van der Waals surface area contributed by atoms with Gasteiger partial charge in [0.05, 0.1) is 0 Å². The first-order valence-corrected chi connectivity index (χ1v) is 10.0. The minimum atomic E-state index is 0. The first-order valence-electron chi connectivity index (χ1n) is 10.0. The second kappa shape index (κ2) is 15.0. The summed E-state index contributed by atoms with van der Waals surface area (Å²) in [5.41, 5.74) is 0. The number of rotatable bonds is 10. The molecule has 2 unspecified atom stereocenters. The van der Waals surface area contributed by atoms with Crippen LogP contribution in [0.4, 0.5) is 0 Å². The van der Waals surface area contributed by atoms with Crippen molar-refractivity contribution in [3.8, 4) is 0 Å². The fourth-order valence-electron chi connectivity index (χ4n) is 3.51. The number of likely N-dealkylation sites (tertiary alicyclic amines) is 1. The zero-order chi connectivity index (χ0) is 17.8. The van der Waals surface area contributed by atoms with Crippen molar-refractivity contribution in [2.24, 2.45) is 10.9 Å². The molecule has 0 aromatic heterocycles. The van der Waals surface area contributed by atoms with Crippen molar-refractivity contribution in [3.63, 3.8) is 0 Å². The van der Waals surface area contributed by atoms with Crippen LogP contribution in [0, 0.1) is 5.92 Å². The topological polar surface area (TPSA) is 42.9 Å².